The number of nitrogens with zero attached hydrogens (tertiary/aromatic N) is 2. The Labute approximate surface area is 164 Å². The second-order valence-electron chi connectivity index (χ2n) is 7.41. The number of rotatable bonds is 5. The Bertz CT molecular complexity index is 986. The summed E-state index contributed by atoms with van der Waals surface area (Å²) in [7, 11) is 0. The number of likely N-dealkylation sites (tertiary alicyclic amines) is 1. The number of hydrogen-bond donors (Lipinski definition) is 1. The molecule has 2 aromatic carbocycles. The second-order valence-corrected chi connectivity index (χ2v) is 7.41. The molecule has 1 aromatic heterocycles. The number of carbonyl (C=O) groups is 2. The molecule has 1 aliphatic rings. The Hall–Kier alpha value is -3.08. The summed E-state index contributed by atoms with van der Waals surface area (Å²) >= 11 is 0. The van der Waals surface area contributed by atoms with Crippen LogP contribution >= 0.6 is 0 Å². The molecule has 0 unspecified atom stereocenters. The molecule has 0 atom stereocenters. The SMILES string of the molecule is NC(=O)C1CCN(C(=O)CCn2c(-c3ccccc3)cc3ccccc32)CC1. The highest BCUT2D eigenvalue weighted by molar-refractivity contribution is 5.87. The Morgan fingerprint density at radius 1 is 0.964 bits per heavy atom. The maximum atomic E-state index is 12.8. The van der Waals surface area contributed by atoms with Crippen LogP contribution in [0.25, 0.3) is 22.2 Å². The van der Waals surface area contributed by atoms with Gasteiger partial charge >= 0.3 is 0 Å². The summed E-state index contributed by atoms with van der Waals surface area (Å²) in [6.45, 7) is 1.86. The van der Waals surface area contributed by atoms with E-state index in [1.165, 1.54) is 5.39 Å². The van der Waals surface area contributed by atoms with Gasteiger partial charge in [0, 0.05) is 48.6 Å². The van der Waals surface area contributed by atoms with Crippen LogP contribution in [0.15, 0.2) is 60.7 Å². The van der Waals surface area contributed by atoms with Crippen molar-refractivity contribution in [1.29, 1.82) is 0 Å². The molecule has 5 nitrogen and oxygen atoms in total. The molecule has 1 fully saturated rings. The van der Waals surface area contributed by atoms with Gasteiger partial charge in [-0.2, -0.15) is 0 Å². The first-order valence-corrected chi connectivity index (χ1v) is 9.84. The number of nitrogens with two attached hydrogens (primary N) is 1. The Balaban J connectivity index is 1.52. The molecule has 0 saturated carbocycles. The maximum Gasteiger partial charge on any atom is 0.224 e. The molecule has 2 N–H and O–H groups in total. The molecule has 144 valence electrons. The topological polar surface area (TPSA) is 68.3 Å². The first kappa shape index (κ1) is 18.3. The summed E-state index contributed by atoms with van der Waals surface area (Å²) < 4.78 is 2.23. The fourth-order valence-corrected chi connectivity index (χ4v) is 4.08. The van der Waals surface area contributed by atoms with Crippen molar-refractivity contribution in [3.63, 3.8) is 0 Å². The summed E-state index contributed by atoms with van der Waals surface area (Å²) in [6, 6.07) is 20.7. The van der Waals surface area contributed by atoms with E-state index in [9.17, 15) is 9.59 Å². The van der Waals surface area contributed by atoms with E-state index in [4.69, 9.17) is 5.73 Å². The number of primary amides is 1. The lowest BCUT2D eigenvalue weighted by atomic mass is 9.96. The molecule has 1 aliphatic heterocycles. The summed E-state index contributed by atoms with van der Waals surface area (Å²) in [4.78, 5) is 25.9. The Morgan fingerprint density at radius 2 is 1.64 bits per heavy atom. The molecule has 0 bridgehead atoms. The van der Waals surface area contributed by atoms with Gasteiger partial charge in [0.1, 0.15) is 0 Å². The molecular formula is C23H25N3O2. The van der Waals surface area contributed by atoms with Crippen molar-refractivity contribution < 1.29 is 9.59 Å². The van der Waals surface area contributed by atoms with E-state index in [0.29, 0.717) is 38.9 Å². The molecular weight excluding hydrogens is 350 g/mol. The number of aromatic nitrogens is 1. The van der Waals surface area contributed by atoms with Crippen molar-refractivity contribution in [3.05, 3.63) is 60.7 Å². The van der Waals surface area contributed by atoms with Crippen LogP contribution in [0.4, 0.5) is 0 Å². The molecule has 5 heteroatoms. The van der Waals surface area contributed by atoms with Crippen molar-refractivity contribution in [2.75, 3.05) is 13.1 Å². The number of amides is 2. The first-order valence-electron chi connectivity index (χ1n) is 9.84. The molecule has 0 spiro atoms. The van der Waals surface area contributed by atoms with Gasteiger partial charge < -0.3 is 15.2 Å². The Morgan fingerprint density at radius 3 is 2.36 bits per heavy atom. The van der Waals surface area contributed by atoms with Gasteiger partial charge in [-0.05, 0) is 30.5 Å². The minimum Gasteiger partial charge on any atom is -0.369 e. The molecule has 2 heterocycles. The highest BCUT2D eigenvalue weighted by Crippen LogP contribution is 2.28. The predicted molar refractivity (Wildman–Crippen MR) is 110 cm³/mol. The van der Waals surface area contributed by atoms with E-state index in [1.807, 2.05) is 35.2 Å². The van der Waals surface area contributed by atoms with Crippen molar-refractivity contribution in [3.8, 4) is 11.3 Å². The largest absolute Gasteiger partial charge is 0.369 e. The first-order chi connectivity index (χ1) is 13.6. The number of hydrogen-bond acceptors (Lipinski definition) is 2. The number of para-hydroxylation sites is 1. The van der Waals surface area contributed by atoms with Gasteiger partial charge in [-0.15, -0.1) is 0 Å². The predicted octanol–water partition coefficient (Wildman–Crippen LogP) is 3.42. The lowest BCUT2D eigenvalue weighted by Crippen LogP contribution is -2.41. The van der Waals surface area contributed by atoms with Crippen LogP contribution in [0.2, 0.25) is 0 Å². The fourth-order valence-electron chi connectivity index (χ4n) is 4.08. The number of carbonyl (C=O) groups excluding carboxylic acids is 2. The van der Waals surface area contributed by atoms with E-state index in [0.717, 1.165) is 16.8 Å². The van der Waals surface area contributed by atoms with E-state index in [-0.39, 0.29) is 17.7 Å². The van der Waals surface area contributed by atoms with Gasteiger partial charge in [0.2, 0.25) is 11.8 Å². The van der Waals surface area contributed by atoms with Crippen LogP contribution in [-0.4, -0.2) is 34.4 Å². The van der Waals surface area contributed by atoms with Crippen LogP contribution in [-0.2, 0) is 16.1 Å². The van der Waals surface area contributed by atoms with Crippen LogP contribution in [0.5, 0.6) is 0 Å². The minimum absolute atomic E-state index is 0.0953. The second kappa shape index (κ2) is 7.89. The van der Waals surface area contributed by atoms with Crippen molar-refractivity contribution in [1.82, 2.24) is 9.47 Å². The van der Waals surface area contributed by atoms with E-state index < -0.39 is 0 Å². The smallest absolute Gasteiger partial charge is 0.224 e. The molecule has 1 saturated heterocycles. The number of benzene rings is 2. The quantitative estimate of drug-likeness (QED) is 0.742. The van der Waals surface area contributed by atoms with Crippen LogP contribution in [0.1, 0.15) is 19.3 Å². The van der Waals surface area contributed by atoms with Gasteiger partial charge in [0.15, 0.2) is 0 Å². The molecule has 0 aliphatic carbocycles. The zero-order valence-electron chi connectivity index (χ0n) is 15.9. The zero-order chi connectivity index (χ0) is 19.5. The molecule has 2 amide bonds. The highest BCUT2D eigenvalue weighted by Gasteiger charge is 2.25. The standard InChI is InChI=1S/C23H25N3O2/c24-23(28)18-10-13-25(14-11-18)22(27)12-15-26-20-9-5-4-8-19(20)16-21(26)17-6-2-1-3-7-17/h1-9,16,18H,10-15H2,(H2,24,28). The van der Waals surface area contributed by atoms with Crippen LogP contribution in [0, 0.1) is 5.92 Å². The van der Waals surface area contributed by atoms with E-state index in [1.54, 1.807) is 0 Å². The molecule has 3 aromatic rings. The van der Waals surface area contributed by atoms with Crippen molar-refractivity contribution in [2.24, 2.45) is 11.7 Å². The molecule has 28 heavy (non-hydrogen) atoms. The summed E-state index contributed by atoms with van der Waals surface area (Å²) in [5.74, 6) is -0.208. The summed E-state index contributed by atoms with van der Waals surface area (Å²) in [5, 5.41) is 1.18. The highest BCUT2D eigenvalue weighted by atomic mass is 16.2. The van der Waals surface area contributed by atoms with E-state index >= 15 is 0 Å². The van der Waals surface area contributed by atoms with E-state index in [2.05, 4.69) is 34.9 Å². The van der Waals surface area contributed by atoms with Gasteiger partial charge in [-0.1, -0.05) is 48.5 Å². The van der Waals surface area contributed by atoms with Crippen molar-refractivity contribution >= 4 is 22.7 Å². The number of piperidine rings is 1. The lowest BCUT2D eigenvalue weighted by Gasteiger charge is -2.30. The van der Waals surface area contributed by atoms with Gasteiger partial charge in [0.25, 0.3) is 0 Å². The summed E-state index contributed by atoms with van der Waals surface area (Å²) in [6.07, 6.45) is 1.78. The summed E-state index contributed by atoms with van der Waals surface area (Å²) in [5.41, 5.74) is 8.80. The fraction of sp³-hybridized carbons (Fsp3) is 0.304. The van der Waals surface area contributed by atoms with Crippen LogP contribution in [0.3, 0.4) is 0 Å². The van der Waals surface area contributed by atoms with Gasteiger partial charge in [0.05, 0.1) is 0 Å². The van der Waals surface area contributed by atoms with Crippen LogP contribution < -0.4 is 5.73 Å². The average molecular weight is 375 g/mol. The maximum absolute atomic E-state index is 12.8. The minimum atomic E-state index is -0.251. The normalized spacial score (nSPS) is 15.1. The average Bonchev–Trinajstić information content (AvgIpc) is 3.11. The third kappa shape index (κ3) is 3.65. The molecule has 0 radical (unpaired) electrons. The monoisotopic (exact) mass is 375 g/mol. The van der Waals surface area contributed by atoms with Gasteiger partial charge in [-0.25, -0.2) is 0 Å². The zero-order valence-corrected chi connectivity index (χ0v) is 15.9. The van der Waals surface area contributed by atoms with Gasteiger partial charge in [-0.3, -0.25) is 9.59 Å². The number of fused-ring (bicyclic) bond motifs is 1. The van der Waals surface area contributed by atoms with Crippen molar-refractivity contribution in [2.45, 2.75) is 25.8 Å². The number of aryl methyl sites for hydroxylation is 1. The third-order valence-corrected chi connectivity index (χ3v) is 5.68. The third-order valence-electron chi connectivity index (χ3n) is 5.68. The lowest BCUT2D eigenvalue weighted by molar-refractivity contribution is -0.135. The Kier molecular flexibility index (Phi) is 5.15. The molecule has 4 rings (SSSR count).